The highest BCUT2D eigenvalue weighted by molar-refractivity contribution is 5.86. The van der Waals surface area contributed by atoms with E-state index >= 15 is 0 Å². The third-order valence-electron chi connectivity index (χ3n) is 5.03. The maximum atomic E-state index is 11.6. The van der Waals surface area contributed by atoms with Gasteiger partial charge >= 0.3 is 11.9 Å². The second-order valence-corrected chi connectivity index (χ2v) is 10.4. The van der Waals surface area contributed by atoms with Gasteiger partial charge in [0.25, 0.3) is 0 Å². The van der Waals surface area contributed by atoms with Crippen LogP contribution in [0.5, 0.6) is 0 Å². The molecule has 0 aliphatic heterocycles. The fourth-order valence-electron chi connectivity index (χ4n) is 2.95. The van der Waals surface area contributed by atoms with E-state index in [0.717, 1.165) is 0 Å². The van der Waals surface area contributed by atoms with Gasteiger partial charge in [-0.05, 0) is 27.7 Å². The molecule has 0 bridgehead atoms. The van der Waals surface area contributed by atoms with Gasteiger partial charge < -0.3 is 56.8 Å². The fourth-order valence-corrected chi connectivity index (χ4v) is 2.95. The Balaban J connectivity index is 3.12. The van der Waals surface area contributed by atoms with E-state index in [1.165, 1.54) is 0 Å². The van der Waals surface area contributed by atoms with Crippen LogP contribution in [0.4, 0.5) is 0 Å². The first-order valence-electron chi connectivity index (χ1n) is 15.5. The Morgan fingerprint density at radius 2 is 0.689 bits per heavy atom. The van der Waals surface area contributed by atoms with E-state index in [1.54, 1.807) is 6.92 Å². The number of hydrogen-bond donors (Lipinski definition) is 0. The Labute approximate surface area is 269 Å². The molecule has 0 heterocycles. The van der Waals surface area contributed by atoms with Crippen molar-refractivity contribution in [2.75, 3.05) is 139 Å². The summed E-state index contributed by atoms with van der Waals surface area (Å²) < 4.78 is 64.3. The van der Waals surface area contributed by atoms with Crippen molar-refractivity contribution in [2.24, 2.45) is 0 Å². The molecule has 0 unspecified atom stereocenters. The summed E-state index contributed by atoms with van der Waals surface area (Å²) in [6, 6.07) is 0. The van der Waals surface area contributed by atoms with E-state index in [-0.39, 0.29) is 19.0 Å². The molecule has 0 aliphatic carbocycles. The van der Waals surface area contributed by atoms with Crippen LogP contribution in [-0.4, -0.2) is 156 Å². The van der Waals surface area contributed by atoms with E-state index in [1.807, 2.05) is 20.8 Å². The lowest BCUT2D eigenvalue weighted by Gasteiger charge is -2.19. The SMILES string of the molecule is C=C(C)C(=O)OCCOCCOCCOCCOCCOCCOCCOCCOCCOCCOCCC(=O)OC(C)(C)C. The van der Waals surface area contributed by atoms with Crippen LogP contribution >= 0.6 is 0 Å². The van der Waals surface area contributed by atoms with Gasteiger partial charge in [-0.2, -0.15) is 0 Å². The Morgan fingerprint density at radius 1 is 0.444 bits per heavy atom. The zero-order valence-corrected chi connectivity index (χ0v) is 28.0. The molecule has 0 aromatic heterocycles. The normalized spacial score (nSPS) is 11.6. The standard InChI is InChI=1S/C31H58O14/c1-28(2)30(33)44-27-26-43-25-24-42-23-22-41-21-20-40-19-18-39-17-16-38-15-14-37-13-12-36-11-10-35-9-8-34-7-6-29(32)45-31(3,4)5/h1,6-27H2,2-5H3. The van der Waals surface area contributed by atoms with E-state index < -0.39 is 11.6 Å². The zero-order valence-electron chi connectivity index (χ0n) is 28.0. The molecule has 45 heavy (non-hydrogen) atoms. The zero-order chi connectivity index (χ0) is 33.3. The monoisotopic (exact) mass is 654 g/mol. The predicted octanol–water partition coefficient (Wildman–Crippen LogP) is 2.00. The van der Waals surface area contributed by atoms with Crippen LogP contribution in [0.3, 0.4) is 0 Å². The van der Waals surface area contributed by atoms with Crippen LogP contribution in [0.2, 0.25) is 0 Å². The Kier molecular flexibility index (Phi) is 31.0. The molecule has 266 valence electrons. The lowest BCUT2D eigenvalue weighted by atomic mass is 10.2. The number of ether oxygens (including phenoxy) is 12. The van der Waals surface area contributed by atoms with Crippen molar-refractivity contribution in [2.45, 2.75) is 39.7 Å². The molecule has 0 spiro atoms. The van der Waals surface area contributed by atoms with Gasteiger partial charge in [0.1, 0.15) is 12.2 Å². The molecule has 0 aromatic carbocycles. The molecule has 0 amide bonds. The summed E-state index contributed by atoms with van der Waals surface area (Å²) in [7, 11) is 0. The quantitative estimate of drug-likeness (QED) is 0.0567. The Bertz CT molecular complexity index is 698. The van der Waals surface area contributed by atoms with Crippen molar-refractivity contribution in [1.29, 1.82) is 0 Å². The van der Waals surface area contributed by atoms with Gasteiger partial charge in [0, 0.05) is 5.57 Å². The van der Waals surface area contributed by atoms with Crippen LogP contribution in [0.15, 0.2) is 12.2 Å². The summed E-state index contributed by atoms with van der Waals surface area (Å²) in [6.45, 7) is 19.8. The van der Waals surface area contributed by atoms with Crippen molar-refractivity contribution in [3.8, 4) is 0 Å². The first kappa shape index (κ1) is 43.3. The van der Waals surface area contributed by atoms with Gasteiger partial charge in [0.05, 0.1) is 139 Å². The molecule has 0 saturated carbocycles. The van der Waals surface area contributed by atoms with Gasteiger partial charge in [-0.3, -0.25) is 4.79 Å². The van der Waals surface area contributed by atoms with Crippen LogP contribution < -0.4 is 0 Å². The average molecular weight is 655 g/mol. The summed E-state index contributed by atoms with van der Waals surface area (Å²) >= 11 is 0. The second kappa shape index (κ2) is 32.2. The topological polar surface area (TPSA) is 145 Å². The molecular formula is C31H58O14. The molecule has 0 aliphatic rings. The van der Waals surface area contributed by atoms with Gasteiger partial charge in [0.15, 0.2) is 0 Å². The van der Waals surface area contributed by atoms with E-state index in [4.69, 9.17) is 56.8 Å². The van der Waals surface area contributed by atoms with Gasteiger partial charge in [-0.25, -0.2) is 4.79 Å². The van der Waals surface area contributed by atoms with Crippen molar-refractivity contribution in [3.05, 3.63) is 12.2 Å². The molecule has 0 aromatic rings. The molecule has 14 heteroatoms. The van der Waals surface area contributed by atoms with Crippen molar-refractivity contribution in [3.63, 3.8) is 0 Å². The highest BCUT2D eigenvalue weighted by Gasteiger charge is 2.15. The van der Waals surface area contributed by atoms with Gasteiger partial charge in [0.2, 0.25) is 0 Å². The van der Waals surface area contributed by atoms with Crippen LogP contribution in [-0.2, 0) is 66.4 Å². The molecule has 14 nitrogen and oxygen atoms in total. The smallest absolute Gasteiger partial charge is 0.333 e. The second-order valence-electron chi connectivity index (χ2n) is 10.4. The number of carbonyl (C=O) groups is 2. The van der Waals surface area contributed by atoms with E-state index in [2.05, 4.69) is 6.58 Å². The Hall–Kier alpha value is -1.72. The Morgan fingerprint density at radius 3 is 0.933 bits per heavy atom. The largest absolute Gasteiger partial charge is 0.460 e. The number of rotatable bonds is 34. The fraction of sp³-hybridized carbons (Fsp3) is 0.871. The van der Waals surface area contributed by atoms with Crippen molar-refractivity contribution >= 4 is 11.9 Å². The number of carbonyl (C=O) groups excluding carboxylic acids is 2. The minimum absolute atomic E-state index is 0.195. The van der Waals surface area contributed by atoms with E-state index in [9.17, 15) is 9.59 Å². The first-order valence-corrected chi connectivity index (χ1v) is 15.5. The minimum atomic E-state index is -0.477. The third-order valence-corrected chi connectivity index (χ3v) is 5.03. The van der Waals surface area contributed by atoms with Crippen LogP contribution in [0, 0.1) is 0 Å². The molecular weight excluding hydrogens is 596 g/mol. The van der Waals surface area contributed by atoms with E-state index in [0.29, 0.717) is 138 Å². The number of hydrogen-bond acceptors (Lipinski definition) is 14. The highest BCUT2D eigenvalue weighted by Crippen LogP contribution is 2.08. The maximum Gasteiger partial charge on any atom is 0.333 e. The van der Waals surface area contributed by atoms with Crippen molar-refractivity contribution < 1.29 is 66.4 Å². The van der Waals surface area contributed by atoms with Gasteiger partial charge in [-0.1, -0.05) is 6.58 Å². The number of esters is 2. The molecule has 0 rings (SSSR count). The average Bonchev–Trinajstić information content (AvgIpc) is 2.98. The lowest BCUT2D eigenvalue weighted by molar-refractivity contribution is -0.156. The van der Waals surface area contributed by atoms with Crippen LogP contribution in [0.25, 0.3) is 0 Å². The molecule has 0 saturated heterocycles. The first-order chi connectivity index (χ1) is 21.7. The summed E-state index contributed by atoms with van der Waals surface area (Å²) in [5, 5.41) is 0. The van der Waals surface area contributed by atoms with Crippen molar-refractivity contribution in [1.82, 2.24) is 0 Å². The summed E-state index contributed by atoms with van der Waals surface area (Å²) in [6.07, 6.45) is 0.228. The highest BCUT2D eigenvalue weighted by atomic mass is 16.6. The molecule has 0 radical (unpaired) electrons. The third kappa shape index (κ3) is 36.6. The summed E-state index contributed by atoms with van der Waals surface area (Å²) in [5.41, 5.74) is -0.110. The van der Waals surface area contributed by atoms with Gasteiger partial charge in [-0.15, -0.1) is 0 Å². The molecule has 0 fully saturated rings. The van der Waals surface area contributed by atoms with Crippen LogP contribution in [0.1, 0.15) is 34.1 Å². The molecule has 0 atom stereocenters. The maximum absolute atomic E-state index is 11.6. The summed E-state index contributed by atoms with van der Waals surface area (Å²) in [5.74, 6) is -0.685. The minimum Gasteiger partial charge on any atom is -0.460 e. The predicted molar refractivity (Wildman–Crippen MR) is 164 cm³/mol. The summed E-state index contributed by atoms with van der Waals surface area (Å²) in [4.78, 5) is 22.7. The lowest BCUT2D eigenvalue weighted by Crippen LogP contribution is -2.24. The molecule has 0 N–H and O–H groups in total.